The zero-order chi connectivity index (χ0) is 19.8. The van der Waals surface area contributed by atoms with Crippen LogP contribution < -0.4 is 15.4 Å². The van der Waals surface area contributed by atoms with E-state index in [1.54, 1.807) is 4.90 Å². The molecule has 1 aromatic carbocycles. The lowest BCUT2D eigenvalue weighted by Crippen LogP contribution is -2.44. The highest BCUT2D eigenvalue weighted by atomic mass is 35.5. The highest BCUT2D eigenvalue weighted by Crippen LogP contribution is 2.34. The number of carbonyl (C=O) groups excluding carboxylic acids is 1. The molecule has 0 spiro atoms. The van der Waals surface area contributed by atoms with Gasteiger partial charge in [-0.25, -0.2) is 4.99 Å². The fourth-order valence-electron chi connectivity index (χ4n) is 2.70. The van der Waals surface area contributed by atoms with Crippen molar-refractivity contribution in [2.75, 3.05) is 26.2 Å². The Morgan fingerprint density at radius 2 is 2.00 bits per heavy atom. The van der Waals surface area contributed by atoms with Crippen molar-refractivity contribution in [3.05, 3.63) is 27.7 Å². The summed E-state index contributed by atoms with van der Waals surface area (Å²) in [6.07, 6.45) is 2.03. The Morgan fingerprint density at radius 3 is 2.63 bits per heavy atom. The summed E-state index contributed by atoms with van der Waals surface area (Å²) in [6.45, 7) is 1.06. The number of rotatable bonds is 7. The molecule has 0 saturated carbocycles. The van der Waals surface area contributed by atoms with Crippen LogP contribution in [0.2, 0.25) is 10.0 Å². The van der Waals surface area contributed by atoms with E-state index in [9.17, 15) is 13.6 Å². The molecule has 2 rings (SSSR count). The first-order valence-electron chi connectivity index (χ1n) is 8.63. The summed E-state index contributed by atoms with van der Waals surface area (Å²) >= 11 is 11.9. The number of nitrogens with zero attached hydrogens (tertiary/aromatic N) is 2. The molecule has 1 heterocycles. The summed E-state index contributed by atoms with van der Waals surface area (Å²) in [5, 5.41) is 6.22. The molecule has 0 unspecified atom stereocenters. The molecule has 0 aromatic heterocycles. The van der Waals surface area contributed by atoms with Crippen molar-refractivity contribution < 1.29 is 18.3 Å². The van der Waals surface area contributed by atoms with Crippen molar-refractivity contribution in [2.45, 2.75) is 32.9 Å². The molecule has 27 heavy (non-hydrogen) atoms. The van der Waals surface area contributed by atoms with Gasteiger partial charge >= 0.3 is 6.61 Å². The first kappa shape index (κ1) is 21.5. The van der Waals surface area contributed by atoms with E-state index in [-0.39, 0.29) is 34.8 Å². The van der Waals surface area contributed by atoms with Crippen LogP contribution >= 0.6 is 23.2 Å². The van der Waals surface area contributed by atoms with Crippen molar-refractivity contribution in [2.24, 2.45) is 4.99 Å². The molecule has 10 heteroatoms. The maximum absolute atomic E-state index is 12.6. The second kappa shape index (κ2) is 10.5. The quantitative estimate of drug-likeness (QED) is 0.522. The summed E-state index contributed by atoms with van der Waals surface area (Å²) in [6, 6.07) is 2.79. The molecule has 1 amide bonds. The zero-order valence-electron chi connectivity index (χ0n) is 14.9. The molecule has 0 bridgehead atoms. The van der Waals surface area contributed by atoms with Gasteiger partial charge in [0.1, 0.15) is 5.75 Å². The maximum atomic E-state index is 12.6. The van der Waals surface area contributed by atoms with Crippen LogP contribution in [0.15, 0.2) is 17.1 Å². The van der Waals surface area contributed by atoms with Gasteiger partial charge in [-0.1, -0.05) is 23.2 Å². The molecule has 0 atom stereocenters. The highest BCUT2D eigenvalue weighted by Gasteiger charge is 2.18. The molecule has 0 aliphatic carbocycles. The minimum atomic E-state index is -3.02. The van der Waals surface area contributed by atoms with E-state index in [0.29, 0.717) is 18.1 Å². The molecule has 1 aromatic rings. The molecule has 150 valence electrons. The summed E-state index contributed by atoms with van der Waals surface area (Å²) in [4.78, 5) is 18.2. The molecule has 6 nitrogen and oxygen atoms in total. The minimum absolute atomic E-state index is 0.00439. The fourth-order valence-corrected chi connectivity index (χ4v) is 3.28. The van der Waals surface area contributed by atoms with Gasteiger partial charge < -0.3 is 20.3 Å². The number of ether oxygens (including phenoxy) is 1. The van der Waals surface area contributed by atoms with E-state index in [4.69, 9.17) is 23.2 Å². The topological polar surface area (TPSA) is 66.0 Å². The monoisotopic (exact) mass is 422 g/mol. The van der Waals surface area contributed by atoms with Gasteiger partial charge in [0, 0.05) is 30.2 Å². The Morgan fingerprint density at radius 1 is 1.30 bits per heavy atom. The number of likely N-dealkylation sites (tertiary alicyclic amines) is 1. The van der Waals surface area contributed by atoms with Crippen LogP contribution in [0.1, 0.15) is 25.3 Å². The zero-order valence-corrected chi connectivity index (χ0v) is 16.4. The summed E-state index contributed by atoms with van der Waals surface area (Å²) in [5.74, 6) is 0.207. The largest absolute Gasteiger partial charge is 0.433 e. The van der Waals surface area contributed by atoms with Crippen LogP contribution in [0.25, 0.3) is 0 Å². The van der Waals surface area contributed by atoms with E-state index in [1.165, 1.54) is 12.1 Å². The van der Waals surface area contributed by atoms with Crippen molar-refractivity contribution >= 4 is 35.1 Å². The molecule has 1 fully saturated rings. The van der Waals surface area contributed by atoms with E-state index >= 15 is 0 Å². The van der Waals surface area contributed by atoms with Gasteiger partial charge in [0.25, 0.3) is 0 Å². The van der Waals surface area contributed by atoms with Gasteiger partial charge in [0.05, 0.1) is 18.1 Å². The van der Waals surface area contributed by atoms with E-state index in [0.717, 1.165) is 25.9 Å². The van der Waals surface area contributed by atoms with Gasteiger partial charge in [-0.3, -0.25) is 4.79 Å². The predicted octanol–water partition coefficient (Wildman–Crippen LogP) is 3.27. The molecular weight excluding hydrogens is 401 g/mol. The van der Waals surface area contributed by atoms with Gasteiger partial charge in [-0.15, -0.1) is 0 Å². The number of hydrogen-bond acceptors (Lipinski definition) is 3. The summed E-state index contributed by atoms with van der Waals surface area (Å²) in [5.41, 5.74) is 0.316. The number of carbonyl (C=O) groups is 1. The molecule has 1 saturated heterocycles. The van der Waals surface area contributed by atoms with Crippen molar-refractivity contribution in [1.29, 1.82) is 0 Å². The third-order valence-electron chi connectivity index (χ3n) is 3.91. The van der Waals surface area contributed by atoms with E-state index < -0.39 is 6.61 Å². The summed E-state index contributed by atoms with van der Waals surface area (Å²) < 4.78 is 29.8. The Bertz CT molecular complexity index is 683. The van der Waals surface area contributed by atoms with Gasteiger partial charge in [0.15, 0.2) is 5.96 Å². The minimum Gasteiger partial charge on any atom is -0.433 e. The number of halogens is 4. The Labute approximate surface area is 166 Å². The van der Waals surface area contributed by atoms with Gasteiger partial charge in [-0.05, 0) is 31.9 Å². The SMILES string of the molecule is CCNC(=NCc1cc(Cl)cc(Cl)c1OC(F)F)NCC(=O)N1CCCC1. The standard InChI is InChI=1S/C17H22Cl2F2N4O2/c1-2-22-17(24-10-14(26)25-5-3-4-6-25)23-9-11-7-12(18)8-13(19)15(11)27-16(20)21/h7-8,16H,2-6,9-10H2,1H3,(H2,22,23,24). The molecule has 2 N–H and O–H groups in total. The van der Waals surface area contributed by atoms with Crippen LogP contribution in [-0.4, -0.2) is 49.6 Å². The molecule has 1 aliphatic heterocycles. The Hall–Kier alpha value is -1.80. The lowest BCUT2D eigenvalue weighted by Gasteiger charge is -2.17. The lowest BCUT2D eigenvalue weighted by atomic mass is 10.2. The third-order valence-corrected chi connectivity index (χ3v) is 4.41. The average Bonchev–Trinajstić information content (AvgIpc) is 3.14. The van der Waals surface area contributed by atoms with Crippen LogP contribution in [0.3, 0.4) is 0 Å². The second-order valence-corrected chi connectivity index (χ2v) is 6.73. The van der Waals surface area contributed by atoms with Gasteiger partial charge in [0.2, 0.25) is 5.91 Å². The van der Waals surface area contributed by atoms with Crippen LogP contribution in [-0.2, 0) is 11.3 Å². The number of alkyl halides is 2. The van der Waals surface area contributed by atoms with Crippen LogP contribution in [0.4, 0.5) is 8.78 Å². The van der Waals surface area contributed by atoms with E-state index in [1.807, 2.05) is 6.92 Å². The van der Waals surface area contributed by atoms with Gasteiger partial charge in [-0.2, -0.15) is 8.78 Å². The van der Waals surface area contributed by atoms with Crippen LogP contribution in [0.5, 0.6) is 5.75 Å². The average molecular weight is 423 g/mol. The molecular formula is C17H22Cl2F2N4O2. The first-order valence-corrected chi connectivity index (χ1v) is 9.39. The highest BCUT2D eigenvalue weighted by molar-refractivity contribution is 6.35. The molecule has 0 radical (unpaired) electrons. The van der Waals surface area contributed by atoms with Crippen LogP contribution in [0, 0.1) is 0 Å². The summed E-state index contributed by atoms with van der Waals surface area (Å²) in [7, 11) is 0. The van der Waals surface area contributed by atoms with Crippen molar-refractivity contribution in [3.63, 3.8) is 0 Å². The third kappa shape index (κ3) is 6.70. The number of benzene rings is 1. The predicted molar refractivity (Wildman–Crippen MR) is 102 cm³/mol. The smallest absolute Gasteiger partial charge is 0.387 e. The number of aliphatic imine (C=N–C) groups is 1. The second-order valence-electron chi connectivity index (χ2n) is 5.89. The Balaban J connectivity index is 2.08. The fraction of sp³-hybridized carbons (Fsp3) is 0.529. The van der Waals surface area contributed by atoms with E-state index in [2.05, 4.69) is 20.4 Å². The van der Waals surface area contributed by atoms with Crippen molar-refractivity contribution in [1.82, 2.24) is 15.5 Å². The maximum Gasteiger partial charge on any atom is 0.387 e. The number of hydrogen-bond donors (Lipinski definition) is 2. The number of guanidine groups is 1. The molecule has 1 aliphatic rings. The lowest BCUT2D eigenvalue weighted by molar-refractivity contribution is -0.128. The normalized spacial score (nSPS) is 14.6. The number of nitrogens with one attached hydrogen (secondary N) is 2. The Kier molecular flexibility index (Phi) is 8.37. The first-order chi connectivity index (χ1) is 12.9. The van der Waals surface area contributed by atoms with Crippen molar-refractivity contribution in [3.8, 4) is 5.75 Å². The number of amides is 1.